The van der Waals surface area contributed by atoms with Gasteiger partial charge in [-0.1, -0.05) is 11.8 Å². The number of methoxy groups -OCH3 is 1. The van der Waals surface area contributed by atoms with Crippen LogP contribution in [0.15, 0.2) is 28.3 Å². The zero-order chi connectivity index (χ0) is 12.4. The minimum atomic E-state index is 0.473. The number of aromatic nitrogens is 5. The Morgan fingerprint density at radius 3 is 3.22 bits per heavy atom. The minimum Gasteiger partial charge on any atom is -0.479 e. The van der Waals surface area contributed by atoms with Crippen LogP contribution < -0.4 is 4.74 Å². The molecule has 0 amide bonds. The third-order valence-corrected chi connectivity index (χ3v) is 3.13. The van der Waals surface area contributed by atoms with Crippen molar-refractivity contribution in [1.29, 1.82) is 0 Å². The maximum atomic E-state index is 5.09. The van der Waals surface area contributed by atoms with E-state index in [0.29, 0.717) is 17.3 Å². The van der Waals surface area contributed by atoms with Gasteiger partial charge in [-0.3, -0.25) is 0 Å². The largest absolute Gasteiger partial charge is 0.479 e. The normalized spacial score (nSPS) is 10.9. The number of aromatic amines is 1. The number of imidazole rings is 1. The van der Waals surface area contributed by atoms with Crippen LogP contribution in [0.1, 0.15) is 5.76 Å². The number of rotatable bonds is 4. The lowest BCUT2D eigenvalue weighted by Gasteiger charge is -1.91. The van der Waals surface area contributed by atoms with Crippen molar-refractivity contribution in [3.8, 4) is 5.88 Å². The monoisotopic (exact) mass is 263 g/mol. The van der Waals surface area contributed by atoms with Crippen molar-refractivity contribution in [2.75, 3.05) is 7.11 Å². The van der Waals surface area contributed by atoms with Gasteiger partial charge in [-0.05, 0) is 5.16 Å². The third-order valence-electron chi connectivity index (χ3n) is 2.24. The van der Waals surface area contributed by atoms with Gasteiger partial charge in [0.05, 0.1) is 19.1 Å². The van der Waals surface area contributed by atoms with Gasteiger partial charge in [-0.25, -0.2) is 15.0 Å². The summed E-state index contributed by atoms with van der Waals surface area (Å²) < 4.78 is 10.0. The number of fused-ring (bicyclic) bond motifs is 1. The molecule has 0 radical (unpaired) electrons. The highest BCUT2D eigenvalue weighted by atomic mass is 32.2. The molecule has 0 aliphatic heterocycles. The van der Waals surface area contributed by atoms with Gasteiger partial charge in [0, 0.05) is 6.07 Å². The molecule has 0 aliphatic carbocycles. The lowest BCUT2D eigenvalue weighted by atomic mass is 10.5. The Labute approximate surface area is 106 Å². The van der Waals surface area contributed by atoms with E-state index in [-0.39, 0.29) is 0 Å². The van der Waals surface area contributed by atoms with E-state index in [1.54, 1.807) is 19.4 Å². The number of nitrogens with zero attached hydrogens (tertiary/aromatic N) is 4. The molecule has 3 aromatic rings. The second kappa shape index (κ2) is 4.65. The number of H-pyrrole nitrogens is 1. The van der Waals surface area contributed by atoms with Crippen LogP contribution in [0.5, 0.6) is 5.88 Å². The lowest BCUT2D eigenvalue weighted by molar-refractivity contribution is 0.330. The molecule has 7 nitrogen and oxygen atoms in total. The molecule has 0 atom stereocenters. The van der Waals surface area contributed by atoms with Gasteiger partial charge in [0.25, 0.3) is 5.88 Å². The van der Waals surface area contributed by atoms with Crippen molar-refractivity contribution < 1.29 is 9.26 Å². The Kier molecular flexibility index (Phi) is 2.85. The van der Waals surface area contributed by atoms with Gasteiger partial charge < -0.3 is 14.2 Å². The van der Waals surface area contributed by atoms with Crippen molar-refractivity contribution >= 4 is 22.9 Å². The van der Waals surface area contributed by atoms with E-state index in [0.717, 1.165) is 16.4 Å². The maximum Gasteiger partial charge on any atom is 0.254 e. The average molecular weight is 263 g/mol. The molecule has 8 heteroatoms. The topological polar surface area (TPSA) is 89.7 Å². The zero-order valence-electron chi connectivity index (χ0n) is 9.45. The first-order chi connectivity index (χ1) is 8.85. The summed E-state index contributed by atoms with van der Waals surface area (Å²) >= 11 is 1.50. The molecule has 3 heterocycles. The van der Waals surface area contributed by atoms with Crippen molar-refractivity contribution in [2.24, 2.45) is 0 Å². The fourth-order valence-corrected chi connectivity index (χ4v) is 2.15. The zero-order valence-corrected chi connectivity index (χ0v) is 10.3. The quantitative estimate of drug-likeness (QED) is 0.715. The molecular weight excluding hydrogens is 254 g/mol. The van der Waals surface area contributed by atoms with Crippen molar-refractivity contribution in [3.63, 3.8) is 0 Å². The molecule has 3 rings (SSSR count). The predicted octanol–water partition coefficient (Wildman–Crippen LogP) is 1.64. The number of nitrogens with one attached hydrogen (secondary N) is 1. The Morgan fingerprint density at radius 1 is 1.50 bits per heavy atom. The van der Waals surface area contributed by atoms with E-state index in [1.807, 2.05) is 0 Å². The SMILES string of the molecule is COc1cc(CSc2nc3ncncc3[nH]2)on1. The highest BCUT2D eigenvalue weighted by molar-refractivity contribution is 7.98. The first-order valence-corrected chi connectivity index (χ1v) is 6.12. The summed E-state index contributed by atoms with van der Waals surface area (Å²) in [6.07, 6.45) is 3.16. The third kappa shape index (κ3) is 2.14. The van der Waals surface area contributed by atoms with Crippen LogP contribution in [0.2, 0.25) is 0 Å². The van der Waals surface area contributed by atoms with Crippen molar-refractivity contribution in [3.05, 3.63) is 24.4 Å². The number of thioether (sulfide) groups is 1. The number of hydrogen-bond donors (Lipinski definition) is 1. The summed E-state index contributed by atoms with van der Waals surface area (Å²) in [4.78, 5) is 15.4. The average Bonchev–Trinajstić information content (AvgIpc) is 3.02. The van der Waals surface area contributed by atoms with Gasteiger partial charge in [0.2, 0.25) is 0 Å². The molecule has 1 N–H and O–H groups in total. The second-order valence-corrected chi connectivity index (χ2v) is 4.39. The van der Waals surface area contributed by atoms with Crippen LogP contribution in [-0.2, 0) is 5.75 Å². The van der Waals surface area contributed by atoms with E-state index in [2.05, 4.69) is 25.1 Å². The Bertz CT molecular complexity index is 632. The van der Waals surface area contributed by atoms with Gasteiger partial charge in [-0.15, -0.1) is 0 Å². The molecule has 0 fully saturated rings. The van der Waals surface area contributed by atoms with Crippen molar-refractivity contribution in [1.82, 2.24) is 25.1 Å². The molecule has 0 spiro atoms. The molecule has 18 heavy (non-hydrogen) atoms. The summed E-state index contributed by atoms with van der Waals surface area (Å²) in [6, 6.07) is 1.75. The molecule has 0 saturated heterocycles. The fraction of sp³-hybridized carbons (Fsp3) is 0.200. The summed E-state index contributed by atoms with van der Waals surface area (Å²) in [6.45, 7) is 0. The molecule has 0 unspecified atom stereocenters. The van der Waals surface area contributed by atoms with Gasteiger partial charge in [-0.2, -0.15) is 0 Å². The standard InChI is InChI=1S/C10H9N5O2S/c1-16-8-2-6(17-15-8)4-18-10-13-7-3-11-5-12-9(7)14-10/h2-3,5H,4H2,1H3,(H,11,12,13,14). The van der Waals surface area contributed by atoms with Gasteiger partial charge >= 0.3 is 0 Å². The predicted molar refractivity (Wildman–Crippen MR) is 64.3 cm³/mol. The Balaban J connectivity index is 1.72. The van der Waals surface area contributed by atoms with Crippen LogP contribution in [0.3, 0.4) is 0 Å². The van der Waals surface area contributed by atoms with Crippen LogP contribution in [0, 0.1) is 0 Å². The minimum absolute atomic E-state index is 0.473. The summed E-state index contributed by atoms with van der Waals surface area (Å²) in [5.41, 5.74) is 1.47. The first-order valence-electron chi connectivity index (χ1n) is 5.13. The molecule has 0 aliphatic rings. The number of hydrogen-bond acceptors (Lipinski definition) is 7. The van der Waals surface area contributed by atoms with Gasteiger partial charge in [0.15, 0.2) is 16.6 Å². The second-order valence-electron chi connectivity index (χ2n) is 3.43. The van der Waals surface area contributed by atoms with E-state index >= 15 is 0 Å². The summed E-state index contributed by atoms with van der Waals surface area (Å²) in [5.74, 6) is 1.81. The highest BCUT2D eigenvalue weighted by Crippen LogP contribution is 2.23. The van der Waals surface area contributed by atoms with E-state index in [1.165, 1.54) is 18.1 Å². The first kappa shape index (κ1) is 11.0. The Morgan fingerprint density at radius 2 is 2.44 bits per heavy atom. The fourth-order valence-electron chi connectivity index (χ4n) is 1.41. The van der Waals surface area contributed by atoms with Crippen molar-refractivity contribution in [2.45, 2.75) is 10.9 Å². The maximum absolute atomic E-state index is 5.09. The van der Waals surface area contributed by atoms with E-state index in [9.17, 15) is 0 Å². The molecule has 92 valence electrons. The highest BCUT2D eigenvalue weighted by Gasteiger charge is 2.08. The van der Waals surface area contributed by atoms with E-state index < -0.39 is 0 Å². The van der Waals surface area contributed by atoms with Crippen LogP contribution >= 0.6 is 11.8 Å². The summed E-state index contributed by atoms with van der Waals surface area (Å²) in [5, 5.41) is 4.49. The lowest BCUT2D eigenvalue weighted by Crippen LogP contribution is -1.80. The van der Waals surface area contributed by atoms with Gasteiger partial charge in [0.1, 0.15) is 11.8 Å². The molecule has 0 saturated carbocycles. The molecule has 0 bridgehead atoms. The molecular formula is C10H9N5O2S. The summed E-state index contributed by atoms with van der Waals surface area (Å²) in [7, 11) is 1.55. The van der Waals surface area contributed by atoms with E-state index in [4.69, 9.17) is 9.26 Å². The van der Waals surface area contributed by atoms with Crippen LogP contribution in [0.25, 0.3) is 11.2 Å². The Hall–Kier alpha value is -2.09. The van der Waals surface area contributed by atoms with Crippen LogP contribution in [0.4, 0.5) is 0 Å². The molecule has 0 aromatic carbocycles. The number of ether oxygens (including phenoxy) is 1. The molecule has 3 aromatic heterocycles. The van der Waals surface area contributed by atoms with Crippen LogP contribution in [-0.4, -0.2) is 32.2 Å². The smallest absolute Gasteiger partial charge is 0.254 e.